The summed E-state index contributed by atoms with van der Waals surface area (Å²) in [5.74, 6) is -7.07. The van der Waals surface area contributed by atoms with Gasteiger partial charge in [0.25, 0.3) is 11.7 Å². The normalized spacial score (nSPS) is 36.9. The number of tetrazole rings is 1. The SMILES string of the molecule is COC1C[C@@H]2CC[C@@H](C)[C@@](O)(O2)C(=O)C(=O)N2CCCC[C@H]2C(=O)O[C@H]([C@H](C)C[C@@H]2CC[C@H](C)[C@H](OC)C2)CC(=O)[C@H](C)/C=C(\C)[C@@H](O)[C@@H](OC)C(=O)[C@H](C)C[C@H](C)/C=C/C=CC=C1C.c1nn[nH]n1. The van der Waals surface area contributed by atoms with E-state index in [9.17, 15) is 34.2 Å². The molecule has 1 amide bonds. The van der Waals surface area contributed by atoms with E-state index in [1.807, 2.05) is 58.1 Å². The molecule has 392 valence electrons. The van der Waals surface area contributed by atoms with Gasteiger partial charge in [-0.2, -0.15) is 5.21 Å². The number of nitrogens with one attached hydrogen (secondary N) is 1. The minimum absolute atomic E-state index is 0.0304. The van der Waals surface area contributed by atoms with E-state index >= 15 is 0 Å². The van der Waals surface area contributed by atoms with Gasteiger partial charge >= 0.3 is 5.97 Å². The molecule has 3 aliphatic heterocycles. The van der Waals surface area contributed by atoms with Crippen LogP contribution in [0.25, 0.3) is 0 Å². The van der Waals surface area contributed by atoms with Gasteiger partial charge in [0, 0.05) is 58.5 Å². The van der Waals surface area contributed by atoms with E-state index in [0.29, 0.717) is 56.4 Å². The average molecular weight is 982 g/mol. The number of fused-ring (bicyclic) bond motifs is 3. The van der Waals surface area contributed by atoms with Gasteiger partial charge in [0.2, 0.25) is 5.79 Å². The van der Waals surface area contributed by atoms with Crippen molar-refractivity contribution < 1.29 is 57.9 Å². The number of aliphatic hydroxyl groups excluding tert-OH is 1. The lowest BCUT2D eigenvalue weighted by Crippen LogP contribution is -2.61. The van der Waals surface area contributed by atoms with E-state index in [1.165, 1.54) is 18.3 Å². The fraction of sp³-hybridized carbons (Fsp3) is 0.736. The fourth-order valence-electron chi connectivity index (χ4n) is 10.5. The highest BCUT2D eigenvalue weighted by atomic mass is 16.6. The van der Waals surface area contributed by atoms with Crippen molar-refractivity contribution in [2.24, 2.45) is 41.4 Å². The predicted molar refractivity (Wildman–Crippen MR) is 262 cm³/mol. The molecule has 2 saturated heterocycles. The summed E-state index contributed by atoms with van der Waals surface area (Å²) in [4.78, 5) is 71.9. The first kappa shape index (κ1) is 58.3. The Labute approximate surface area is 415 Å². The van der Waals surface area contributed by atoms with Crippen LogP contribution in [0.1, 0.15) is 132 Å². The summed E-state index contributed by atoms with van der Waals surface area (Å²) < 4.78 is 29.7. The molecule has 1 unspecified atom stereocenters. The highest BCUT2D eigenvalue weighted by Gasteiger charge is 2.53. The van der Waals surface area contributed by atoms with Crippen molar-refractivity contribution in [3.8, 4) is 0 Å². The van der Waals surface area contributed by atoms with Gasteiger partial charge in [-0.05, 0) is 113 Å². The first-order valence-electron chi connectivity index (χ1n) is 25.4. The Bertz CT molecular complexity index is 1950. The van der Waals surface area contributed by atoms with E-state index in [-0.39, 0.29) is 54.8 Å². The quantitative estimate of drug-likeness (QED) is 0.154. The van der Waals surface area contributed by atoms with Crippen LogP contribution in [0.3, 0.4) is 0 Å². The first-order valence-corrected chi connectivity index (χ1v) is 25.4. The van der Waals surface area contributed by atoms with E-state index in [0.717, 1.165) is 24.8 Å². The number of cyclic esters (lactones) is 1. The van der Waals surface area contributed by atoms with Crippen LogP contribution < -0.4 is 0 Å². The number of ether oxygens (including phenoxy) is 5. The lowest BCUT2D eigenvalue weighted by molar-refractivity contribution is -0.265. The van der Waals surface area contributed by atoms with Crippen LogP contribution in [0.15, 0.2) is 53.9 Å². The summed E-state index contributed by atoms with van der Waals surface area (Å²) in [5.41, 5.74) is 1.30. The number of hydrogen-bond donors (Lipinski definition) is 3. The molecular weight excluding hydrogens is 899 g/mol. The summed E-state index contributed by atoms with van der Waals surface area (Å²) in [6, 6.07) is -1.11. The largest absolute Gasteiger partial charge is 0.460 e. The number of amides is 1. The van der Waals surface area contributed by atoms with Crippen LogP contribution in [-0.4, -0.2) is 141 Å². The smallest absolute Gasteiger partial charge is 0.329 e. The number of aromatic amines is 1. The highest BCUT2D eigenvalue weighted by Crippen LogP contribution is 2.38. The molecule has 4 aliphatic rings. The number of rotatable bonds is 6. The molecule has 70 heavy (non-hydrogen) atoms. The molecule has 1 aromatic rings. The number of ketones is 3. The van der Waals surface area contributed by atoms with Gasteiger partial charge in [-0.1, -0.05) is 83.2 Å². The van der Waals surface area contributed by atoms with Crippen molar-refractivity contribution in [2.75, 3.05) is 27.9 Å². The van der Waals surface area contributed by atoms with Crippen molar-refractivity contribution in [3.05, 3.63) is 53.9 Å². The summed E-state index contributed by atoms with van der Waals surface area (Å²) in [6.45, 7) is 15.1. The Morgan fingerprint density at radius 2 is 1.63 bits per heavy atom. The third-order valence-electron chi connectivity index (χ3n) is 15.1. The van der Waals surface area contributed by atoms with Gasteiger partial charge in [0.15, 0.2) is 12.1 Å². The second kappa shape index (κ2) is 28.1. The molecule has 17 heteroatoms. The second-order valence-corrected chi connectivity index (χ2v) is 20.6. The third kappa shape index (κ3) is 16.1. The number of carbonyl (C=O) groups is 5. The number of aromatic nitrogens is 4. The Morgan fingerprint density at radius 1 is 0.886 bits per heavy atom. The van der Waals surface area contributed by atoms with Gasteiger partial charge in [-0.3, -0.25) is 19.2 Å². The number of aliphatic hydroxyl groups is 2. The van der Waals surface area contributed by atoms with Crippen molar-refractivity contribution in [1.29, 1.82) is 0 Å². The number of Topliss-reactive ketones (excluding diaryl/α,β-unsaturated/α-hetero) is 3. The average Bonchev–Trinajstić information content (AvgIpc) is 3.94. The molecule has 1 aliphatic carbocycles. The lowest BCUT2D eigenvalue weighted by Gasteiger charge is -2.42. The molecule has 17 nitrogen and oxygen atoms in total. The molecule has 0 spiro atoms. The maximum absolute atomic E-state index is 14.4. The van der Waals surface area contributed by atoms with Crippen molar-refractivity contribution in [1.82, 2.24) is 25.5 Å². The molecular formula is C53H83N5O12. The maximum atomic E-state index is 14.4. The summed E-state index contributed by atoms with van der Waals surface area (Å²) in [6.07, 6.45) is 15.0. The monoisotopic (exact) mass is 982 g/mol. The Hall–Kier alpha value is -4.26. The van der Waals surface area contributed by atoms with Crippen molar-refractivity contribution in [2.45, 2.75) is 181 Å². The summed E-state index contributed by atoms with van der Waals surface area (Å²) in [5, 5.41) is 35.6. The fourth-order valence-corrected chi connectivity index (χ4v) is 10.5. The van der Waals surface area contributed by atoms with Crippen molar-refractivity contribution in [3.63, 3.8) is 0 Å². The molecule has 1 aromatic heterocycles. The van der Waals surface area contributed by atoms with Crippen LogP contribution in [-0.2, 0) is 47.7 Å². The van der Waals surface area contributed by atoms with E-state index in [2.05, 4.69) is 27.5 Å². The van der Waals surface area contributed by atoms with Crippen LogP contribution in [0.4, 0.5) is 0 Å². The third-order valence-corrected chi connectivity index (χ3v) is 15.1. The molecule has 15 atom stereocenters. The number of methoxy groups -OCH3 is 3. The Balaban J connectivity index is 0.00000200. The predicted octanol–water partition coefficient (Wildman–Crippen LogP) is 6.66. The van der Waals surface area contributed by atoms with Crippen molar-refractivity contribution >= 4 is 29.2 Å². The molecule has 4 heterocycles. The number of esters is 1. The molecule has 5 rings (SSSR count). The number of allylic oxidation sites excluding steroid dienone is 6. The second-order valence-electron chi connectivity index (χ2n) is 20.6. The highest BCUT2D eigenvalue weighted by molar-refractivity contribution is 6.39. The van der Waals surface area contributed by atoms with E-state index in [1.54, 1.807) is 41.1 Å². The zero-order valence-electron chi connectivity index (χ0n) is 43.6. The van der Waals surface area contributed by atoms with Crippen LogP contribution >= 0.6 is 0 Å². The minimum atomic E-state index is -2.41. The first-order chi connectivity index (χ1) is 33.2. The van der Waals surface area contributed by atoms with Crippen LogP contribution in [0.5, 0.6) is 0 Å². The molecule has 3 N–H and O–H groups in total. The minimum Gasteiger partial charge on any atom is -0.460 e. The molecule has 0 aromatic carbocycles. The Kier molecular flexibility index (Phi) is 23.4. The standard InChI is InChI=1S/C52H81NO12.CH2N4/c1-31-17-13-12-14-18-32(2)44(62-10)29-40-23-21-38(8)52(60,65-40)49(57)50(58)53-24-16-15-19-41(53)51(59)64-45(35(5)27-39-22-20-33(3)43(28-39)61-9)30-42(54)34(4)26-37(7)47(56)48(63-11)46(55)36(6)25-31;1-2-4-5-3-1/h12-14,17-18,26,31,33-36,38-41,43-45,47-48,56,60H,15-16,19-25,27-30H2,1-11H3;1H,(H,2,3,4,5)/b14-12?,17-13+,32-18?,37-26+;/t31-,33+,34-,35-,36-,38-,39+,40+,41+,43-,44?,45+,47-,48+,52-;/m1./s1. The topological polar surface area (TPSA) is 230 Å². The number of piperidine rings is 1. The van der Waals surface area contributed by atoms with Gasteiger partial charge in [0.05, 0.1) is 18.3 Å². The van der Waals surface area contributed by atoms with Gasteiger partial charge in [-0.15, -0.1) is 10.2 Å². The van der Waals surface area contributed by atoms with Gasteiger partial charge in [-0.25, -0.2) is 4.79 Å². The molecule has 0 radical (unpaired) electrons. The number of H-pyrrole nitrogens is 1. The zero-order valence-corrected chi connectivity index (χ0v) is 43.6. The van der Waals surface area contributed by atoms with Gasteiger partial charge < -0.3 is 38.8 Å². The zero-order chi connectivity index (χ0) is 51.7. The molecule has 1 saturated carbocycles. The summed E-state index contributed by atoms with van der Waals surface area (Å²) in [7, 11) is 4.70. The number of hydrogen-bond acceptors (Lipinski definition) is 15. The lowest BCUT2D eigenvalue weighted by atomic mass is 9.76. The number of carbonyl (C=O) groups excluding carboxylic acids is 5. The van der Waals surface area contributed by atoms with Gasteiger partial charge in [0.1, 0.15) is 30.1 Å². The van der Waals surface area contributed by atoms with Crippen LogP contribution in [0.2, 0.25) is 0 Å². The summed E-state index contributed by atoms with van der Waals surface area (Å²) >= 11 is 0. The van der Waals surface area contributed by atoms with E-state index < -0.39 is 77.8 Å². The molecule has 3 fully saturated rings. The van der Waals surface area contributed by atoms with E-state index in [4.69, 9.17) is 23.7 Å². The van der Waals surface area contributed by atoms with Crippen LogP contribution in [0, 0.1) is 41.4 Å². The number of nitrogens with zero attached hydrogens (tertiary/aromatic N) is 4. The Morgan fingerprint density at radius 3 is 2.27 bits per heavy atom. The maximum Gasteiger partial charge on any atom is 0.329 e. The molecule has 2 bridgehead atoms.